The average Bonchev–Trinajstić information content (AvgIpc) is 2.65. The highest BCUT2D eigenvalue weighted by Crippen LogP contribution is 2.24. The van der Waals surface area contributed by atoms with Crippen molar-refractivity contribution in [3.63, 3.8) is 0 Å². The van der Waals surface area contributed by atoms with Gasteiger partial charge in [0.1, 0.15) is 5.75 Å². The molecule has 1 heterocycles. The van der Waals surface area contributed by atoms with E-state index in [1.807, 2.05) is 0 Å². The van der Waals surface area contributed by atoms with Crippen LogP contribution in [0.4, 0.5) is 0 Å². The van der Waals surface area contributed by atoms with Crippen LogP contribution in [0.5, 0.6) is 5.75 Å². The van der Waals surface area contributed by atoms with Crippen molar-refractivity contribution < 1.29 is 14.6 Å². The van der Waals surface area contributed by atoms with Crippen LogP contribution in [-0.4, -0.2) is 27.7 Å². The van der Waals surface area contributed by atoms with Crippen LogP contribution in [0.1, 0.15) is 10.5 Å². The van der Waals surface area contributed by atoms with E-state index in [9.17, 15) is 14.7 Å². The molecular weight excluding hydrogens is 236 g/mol. The number of benzene rings is 1. The Bertz CT molecular complexity index is 654. The van der Waals surface area contributed by atoms with E-state index in [2.05, 4.69) is 9.72 Å². The first-order valence-electron chi connectivity index (χ1n) is 5.21. The van der Waals surface area contributed by atoms with Gasteiger partial charge in [-0.3, -0.25) is 9.55 Å². The van der Waals surface area contributed by atoms with E-state index in [0.29, 0.717) is 11.3 Å². The number of rotatable bonds is 2. The lowest BCUT2D eigenvalue weighted by Gasteiger charge is -2.05. The van der Waals surface area contributed by atoms with Crippen LogP contribution in [0, 0.1) is 0 Å². The van der Waals surface area contributed by atoms with Crippen molar-refractivity contribution in [3.8, 4) is 17.0 Å². The average molecular weight is 248 g/mol. The van der Waals surface area contributed by atoms with Gasteiger partial charge in [0.25, 0.3) is 0 Å². The van der Waals surface area contributed by atoms with Gasteiger partial charge >= 0.3 is 11.7 Å². The minimum atomic E-state index is -0.633. The molecule has 2 aromatic rings. The fourth-order valence-corrected chi connectivity index (χ4v) is 1.76. The lowest BCUT2D eigenvalue weighted by atomic mass is 10.1. The highest BCUT2D eigenvalue weighted by Gasteiger charge is 2.20. The zero-order valence-corrected chi connectivity index (χ0v) is 9.93. The Morgan fingerprint density at radius 1 is 1.44 bits per heavy atom. The minimum Gasteiger partial charge on any atom is -0.508 e. The van der Waals surface area contributed by atoms with Gasteiger partial charge in [0.2, 0.25) is 0 Å². The zero-order valence-electron chi connectivity index (χ0n) is 9.93. The number of hydrogen-bond donors (Lipinski definition) is 2. The summed E-state index contributed by atoms with van der Waals surface area (Å²) in [5, 5.41) is 9.44. The van der Waals surface area contributed by atoms with Crippen LogP contribution in [0.15, 0.2) is 29.1 Å². The molecule has 0 atom stereocenters. The Morgan fingerprint density at radius 2 is 2.17 bits per heavy atom. The molecule has 6 nitrogen and oxygen atoms in total. The number of methoxy groups -OCH3 is 1. The number of nitrogens with one attached hydrogen (secondary N) is 1. The molecule has 0 saturated heterocycles. The third kappa shape index (κ3) is 1.88. The van der Waals surface area contributed by atoms with E-state index >= 15 is 0 Å². The van der Waals surface area contributed by atoms with Crippen molar-refractivity contribution in [2.24, 2.45) is 7.05 Å². The molecule has 18 heavy (non-hydrogen) atoms. The highest BCUT2D eigenvalue weighted by atomic mass is 16.5. The quantitative estimate of drug-likeness (QED) is 0.772. The monoisotopic (exact) mass is 248 g/mol. The van der Waals surface area contributed by atoms with Gasteiger partial charge in [0.15, 0.2) is 5.69 Å². The molecular formula is C12H12N2O4. The number of carbonyl (C=O) groups is 1. The first kappa shape index (κ1) is 12.0. The summed E-state index contributed by atoms with van der Waals surface area (Å²) in [6, 6.07) is 6.29. The third-order valence-corrected chi connectivity index (χ3v) is 2.62. The smallest absolute Gasteiger partial charge is 0.356 e. The highest BCUT2D eigenvalue weighted by molar-refractivity contribution is 5.94. The molecule has 2 N–H and O–H groups in total. The zero-order chi connectivity index (χ0) is 13.3. The second-order valence-corrected chi connectivity index (χ2v) is 3.75. The maximum Gasteiger partial charge on any atom is 0.356 e. The maximum absolute atomic E-state index is 11.6. The fraction of sp³-hybridized carbons (Fsp3) is 0.167. The second kappa shape index (κ2) is 4.40. The number of H-pyrrole nitrogens is 1. The predicted octanol–water partition coefficient (Wildman–Crippen LogP) is 0.873. The van der Waals surface area contributed by atoms with E-state index in [-0.39, 0.29) is 11.4 Å². The maximum atomic E-state index is 11.6. The van der Waals surface area contributed by atoms with Crippen molar-refractivity contribution in [2.75, 3.05) is 7.11 Å². The van der Waals surface area contributed by atoms with Crippen LogP contribution < -0.4 is 5.69 Å². The summed E-state index contributed by atoms with van der Waals surface area (Å²) in [5.74, 6) is -0.581. The number of phenolic OH excluding ortho intramolecular Hbond substituents is 1. The standard InChI is InChI=1S/C12H12N2O4/c1-14-10(7-4-3-5-8(15)6-7)9(11(16)18-2)13-12(14)17/h3-6,15H,1-2H3,(H,13,17). The summed E-state index contributed by atoms with van der Waals surface area (Å²) in [5.41, 5.74) is 0.573. The second-order valence-electron chi connectivity index (χ2n) is 3.75. The van der Waals surface area contributed by atoms with Crippen LogP contribution in [-0.2, 0) is 11.8 Å². The number of imidazole rings is 1. The molecule has 1 aromatic heterocycles. The first-order valence-corrected chi connectivity index (χ1v) is 5.21. The predicted molar refractivity (Wildman–Crippen MR) is 64.5 cm³/mol. The largest absolute Gasteiger partial charge is 0.508 e. The fourth-order valence-electron chi connectivity index (χ4n) is 1.76. The SMILES string of the molecule is COC(=O)c1[nH]c(=O)n(C)c1-c1cccc(O)c1. The van der Waals surface area contributed by atoms with Gasteiger partial charge in [0.05, 0.1) is 12.8 Å². The van der Waals surface area contributed by atoms with E-state index in [4.69, 9.17) is 0 Å². The Labute approximate surface area is 102 Å². The van der Waals surface area contributed by atoms with E-state index in [1.165, 1.54) is 30.9 Å². The summed E-state index contributed by atoms with van der Waals surface area (Å²) in [6.07, 6.45) is 0. The van der Waals surface area contributed by atoms with Gasteiger partial charge in [-0.2, -0.15) is 0 Å². The van der Waals surface area contributed by atoms with Gasteiger partial charge in [-0.1, -0.05) is 12.1 Å². The summed E-state index contributed by atoms with van der Waals surface area (Å²) in [6.45, 7) is 0. The summed E-state index contributed by atoms with van der Waals surface area (Å²) in [7, 11) is 2.77. The lowest BCUT2D eigenvalue weighted by molar-refractivity contribution is 0.0595. The Kier molecular flexibility index (Phi) is 2.93. The van der Waals surface area contributed by atoms with Gasteiger partial charge in [-0.25, -0.2) is 9.59 Å². The molecule has 0 bridgehead atoms. The van der Waals surface area contributed by atoms with Gasteiger partial charge in [-0.15, -0.1) is 0 Å². The van der Waals surface area contributed by atoms with Crippen LogP contribution in [0.3, 0.4) is 0 Å². The van der Waals surface area contributed by atoms with Crippen molar-refractivity contribution in [1.29, 1.82) is 0 Å². The van der Waals surface area contributed by atoms with Gasteiger partial charge < -0.3 is 9.84 Å². The van der Waals surface area contributed by atoms with Crippen molar-refractivity contribution in [2.45, 2.75) is 0 Å². The number of aromatic amines is 1. The minimum absolute atomic E-state index is 0.0527. The van der Waals surface area contributed by atoms with Crippen molar-refractivity contribution in [3.05, 3.63) is 40.4 Å². The number of aromatic hydroxyl groups is 1. The van der Waals surface area contributed by atoms with Crippen molar-refractivity contribution in [1.82, 2.24) is 9.55 Å². The lowest BCUT2D eigenvalue weighted by Crippen LogP contribution is -2.13. The van der Waals surface area contributed by atoms with Crippen molar-refractivity contribution >= 4 is 5.97 Å². The van der Waals surface area contributed by atoms with E-state index in [1.54, 1.807) is 12.1 Å². The molecule has 2 rings (SSSR count). The third-order valence-electron chi connectivity index (χ3n) is 2.62. The summed E-state index contributed by atoms with van der Waals surface area (Å²) >= 11 is 0. The topological polar surface area (TPSA) is 84.3 Å². The number of aromatic nitrogens is 2. The number of ether oxygens (including phenoxy) is 1. The molecule has 0 unspecified atom stereocenters. The van der Waals surface area contributed by atoms with Gasteiger partial charge in [-0.05, 0) is 12.1 Å². The molecule has 6 heteroatoms. The Balaban J connectivity index is 2.70. The molecule has 0 radical (unpaired) electrons. The molecule has 0 amide bonds. The summed E-state index contributed by atoms with van der Waals surface area (Å²) < 4.78 is 5.90. The molecule has 0 aliphatic carbocycles. The molecule has 0 fully saturated rings. The Hall–Kier alpha value is -2.50. The molecule has 1 aromatic carbocycles. The first-order chi connectivity index (χ1) is 8.54. The number of esters is 1. The molecule has 0 aliphatic heterocycles. The van der Waals surface area contributed by atoms with Crippen LogP contribution in [0.2, 0.25) is 0 Å². The number of carbonyl (C=O) groups excluding carboxylic acids is 1. The molecule has 0 aliphatic rings. The molecule has 0 spiro atoms. The number of nitrogens with zero attached hydrogens (tertiary/aromatic N) is 1. The molecule has 94 valence electrons. The Morgan fingerprint density at radius 3 is 2.78 bits per heavy atom. The van der Waals surface area contributed by atoms with Crippen LogP contribution >= 0.6 is 0 Å². The number of phenols is 1. The normalized spacial score (nSPS) is 10.3. The van der Waals surface area contributed by atoms with Crippen LogP contribution in [0.25, 0.3) is 11.3 Å². The molecule has 0 saturated carbocycles. The summed E-state index contributed by atoms with van der Waals surface area (Å²) in [4.78, 5) is 25.6. The van der Waals surface area contributed by atoms with Gasteiger partial charge in [0, 0.05) is 12.6 Å². The van der Waals surface area contributed by atoms with E-state index in [0.717, 1.165) is 0 Å². The van der Waals surface area contributed by atoms with E-state index < -0.39 is 11.7 Å². The number of hydrogen-bond acceptors (Lipinski definition) is 4.